The summed E-state index contributed by atoms with van der Waals surface area (Å²) in [6.45, 7) is 3.71. The molecule has 0 spiro atoms. The lowest BCUT2D eigenvalue weighted by Crippen LogP contribution is -2.31. The van der Waals surface area contributed by atoms with Gasteiger partial charge >= 0.3 is 0 Å². The molecule has 1 saturated heterocycles. The summed E-state index contributed by atoms with van der Waals surface area (Å²) >= 11 is 0. The highest BCUT2D eigenvalue weighted by Crippen LogP contribution is 2.28. The molecule has 3 aromatic heterocycles. The Balaban J connectivity index is 1.47. The van der Waals surface area contributed by atoms with Gasteiger partial charge in [-0.05, 0) is 31.0 Å². The first-order chi connectivity index (χ1) is 14.7. The Morgan fingerprint density at radius 2 is 1.97 bits per heavy atom. The highest BCUT2D eigenvalue weighted by atomic mass is 15.3. The van der Waals surface area contributed by atoms with Crippen LogP contribution in [0.25, 0.3) is 16.9 Å². The third-order valence-electron chi connectivity index (χ3n) is 5.61. The molecule has 2 unspecified atom stereocenters. The van der Waals surface area contributed by atoms with Crippen molar-refractivity contribution in [3.63, 3.8) is 0 Å². The molecule has 1 aliphatic rings. The van der Waals surface area contributed by atoms with Crippen molar-refractivity contribution in [2.75, 3.05) is 16.8 Å². The minimum Gasteiger partial charge on any atom is -0.366 e. The van der Waals surface area contributed by atoms with Crippen LogP contribution in [-0.4, -0.2) is 38.0 Å². The average Bonchev–Trinajstić information content (AvgIpc) is 3.38. The predicted molar refractivity (Wildman–Crippen MR) is 119 cm³/mol. The van der Waals surface area contributed by atoms with E-state index in [-0.39, 0.29) is 6.04 Å². The lowest BCUT2D eigenvalue weighted by molar-refractivity contribution is 0.684. The smallest absolute Gasteiger partial charge is 0.212 e. The van der Waals surface area contributed by atoms with Gasteiger partial charge in [0.15, 0.2) is 0 Å². The second-order valence-electron chi connectivity index (χ2n) is 7.86. The molecule has 0 bridgehead atoms. The molecule has 1 fully saturated rings. The minimum atomic E-state index is 0.166. The summed E-state index contributed by atoms with van der Waals surface area (Å²) in [5, 5.41) is 3.40. The second-order valence-corrected chi connectivity index (χ2v) is 7.86. The van der Waals surface area contributed by atoms with E-state index in [1.165, 1.54) is 5.56 Å². The molecule has 152 valence electrons. The molecule has 7 nitrogen and oxygen atoms in total. The normalized spacial score (nSPS) is 18.8. The largest absolute Gasteiger partial charge is 0.366 e. The van der Waals surface area contributed by atoms with Crippen molar-refractivity contribution in [1.82, 2.24) is 19.4 Å². The number of anilines is 2. The van der Waals surface area contributed by atoms with Gasteiger partial charge in [-0.25, -0.2) is 15.0 Å². The van der Waals surface area contributed by atoms with E-state index in [9.17, 15) is 0 Å². The summed E-state index contributed by atoms with van der Waals surface area (Å²) in [5.74, 6) is 1.70. The van der Waals surface area contributed by atoms with Gasteiger partial charge in [0.25, 0.3) is 0 Å². The first kappa shape index (κ1) is 18.6. The Labute approximate surface area is 175 Å². The van der Waals surface area contributed by atoms with Gasteiger partial charge in [0.05, 0.1) is 5.69 Å². The number of pyridine rings is 1. The molecular weight excluding hydrogens is 374 g/mol. The number of rotatable bonds is 5. The molecule has 4 heterocycles. The molecule has 1 aromatic carbocycles. The fourth-order valence-electron chi connectivity index (χ4n) is 4.08. The van der Waals surface area contributed by atoms with E-state index in [1.807, 2.05) is 59.4 Å². The Morgan fingerprint density at radius 1 is 1.10 bits per heavy atom. The summed E-state index contributed by atoms with van der Waals surface area (Å²) in [4.78, 5) is 16.3. The second kappa shape index (κ2) is 7.76. The van der Waals surface area contributed by atoms with Crippen molar-refractivity contribution in [1.29, 1.82) is 0 Å². The molecule has 4 aromatic rings. The van der Waals surface area contributed by atoms with Crippen molar-refractivity contribution < 1.29 is 0 Å². The maximum absolute atomic E-state index is 6.21. The molecule has 5 rings (SSSR count). The van der Waals surface area contributed by atoms with Crippen LogP contribution in [0.4, 0.5) is 11.8 Å². The van der Waals surface area contributed by atoms with Gasteiger partial charge in [0.2, 0.25) is 5.95 Å². The highest BCUT2D eigenvalue weighted by Gasteiger charge is 2.29. The van der Waals surface area contributed by atoms with Crippen LogP contribution in [0.15, 0.2) is 67.1 Å². The van der Waals surface area contributed by atoms with Crippen LogP contribution in [-0.2, 0) is 6.54 Å². The monoisotopic (exact) mass is 399 g/mol. The van der Waals surface area contributed by atoms with Gasteiger partial charge in [-0.3, -0.25) is 4.40 Å². The quantitative estimate of drug-likeness (QED) is 0.536. The lowest BCUT2D eigenvalue weighted by atomic mass is 10.2. The molecule has 7 heteroatoms. The molecule has 0 aliphatic carbocycles. The summed E-state index contributed by atoms with van der Waals surface area (Å²) in [6.07, 6.45) is 6.54. The number of fused-ring (bicyclic) bond motifs is 1. The van der Waals surface area contributed by atoms with E-state index >= 15 is 0 Å². The number of imidazole rings is 1. The van der Waals surface area contributed by atoms with Crippen LogP contribution >= 0.6 is 0 Å². The number of benzene rings is 1. The van der Waals surface area contributed by atoms with Crippen LogP contribution in [0.3, 0.4) is 0 Å². The third kappa shape index (κ3) is 3.59. The fraction of sp³-hybridized carbons (Fsp3) is 0.261. The summed E-state index contributed by atoms with van der Waals surface area (Å²) < 4.78 is 2.04. The van der Waals surface area contributed by atoms with E-state index < -0.39 is 0 Å². The van der Waals surface area contributed by atoms with Gasteiger partial charge in [-0.15, -0.1) is 0 Å². The van der Waals surface area contributed by atoms with Crippen LogP contribution in [0.5, 0.6) is 0 Å². The van der Waals surface area contributed by atoms with Crippen LogP contribution in [0.2, 0.25) is 0 Å². The van der Waals surface area contributed by atoms with Gasteiger partial charge in [0.1, 0.15) is 11.5 Å². The molecule has 0 saturated carbocycles. The molecule has 30 heavy (non-hydrogen) atoms. The maximum atomic E-state index is 6.21. The Bertz CT molecular complexity index is 1150. The summed E-state index contributed by atoms with van der Waals surface area (Å²) in [5.41, 5.74) is 10.2. The van der Waals surface area contributed by atoms with E-state index in [0.29, 0.717) is 6.04 Å². The topological polar surface area (TPSA) is 84.4 Å². The Kier molecular flexibility index (Phi) is 4.80. The van der Waals surface area contributed by atoms with Crippen LogP contribution in [0, 0.1) is 0 Å². The van der Waals surface area contributed by atoms with E-state index in [4.69, 9.17) is 10.7 Å². The van der Waals surface area contributed by atoms with Crippen molar-refractivity contribution in [2.45, 2.75) is 32.0 Å². The molecule has 2 atom stereocenters. The van der Waals surface area contributed by atoms with Gasteiger partial charge in [0, 0.05) is 55.4 Å². The van der Waals surface area contributed by atoms with E-state index in [0.717, 1.165) is 48.2 Å². The van der Waals surface area contributed by atoms with Crippen molar-refractivity contribution in [3.8, 4) is 11.3 Å². The van der Waals surface area contributed by atoms with E-state index in [1.54, 1.807) is 0 Å². The summed E-state index contributed by atoms with van der Waals surface area (Å²) in [7, 11) is 0. The Morgan fingerprint density at radius 3 is 2.77 bits per heavy atom. The van der Waals surface area contributed by atoms with Crippen LogP contribution in [0.1, 0.15) is 18.9 Å². The van der Waals surface area contributed by atoms with Gasteiger partial charge < -0.3 is 16.0 Å². The zero-order valence-electron chi connectivity index (χ0n) is 16.9. The number of aromatic nitrogens is 4. The maximum Gasteiger partial charge on any atom is 0.212 e. The minimum absolute atomic E-state index is 0.166. The standard InChI is InChI=1S/C23H25N7/c1-16-11-19(24)15-30(16)23-28-20(13-22-26-9-10-29(22)23)18-7-8-25-21(12-18)27-14-17-5-3-2-4-6-17/h2-10,12-13,16,19H,11,14-15,24H2,1H3,(H,25,27). The fourth-order valence-corrected chi connectivity index (χ4v) is 4.08. The summed E-state index contributed by atoms with van der Waals surface area (Å²) in [6, 6.07) is 16.8. The zero-order valence-corrected chi connectivity index (χ0v) is 16.9. The molecule has 0 amide bonds. The molecular formula is C23H25N7. The molecule has 0 radical (unpaired) electrons. The first-order valence-corrected chi connectivity index (χ1v) is 10.3. The van der Waals surface area contributed by atoms with Crippen molar-refractivity contribution >= 4 is 17.4 Å². The van der Waals surface area contributed by atoms with Gasteiger partial charge in [-0.1, -0.05) is 30.3 Å². The zero-order chi connectivity index (χ0) is 20.5. The number of nitrogens with two attached hydrogens (primary N) is 1. The van der Waals surface area contributed by atoms with Gasteiger partial charge in [-0.2, -0.15) is 0 Å². The lowest BCUT2D eigenvalue weighted by Gasteiger charge is -2.24. The Hall–Kier alpha value is -3.45. The van der Waals surface area contributed by atoms with Crippen molar-refractivity contribution in [3.05, 3.63) is 72.7 Å². The first-order valence-electron chi connectivity index (χ1n) is 10.3. The highest BCUT2D eigenvalue weighted by molar-refractivity contribution is 5.68. The number of nitrogens with zero attached hydrogens (tertiary/aromatic N) is 5. The number of nitrogens with one attached hydrogen (secondary N) is 1. The SMILES string of the molecule is CC1CC(N)CN1c1nc(-c2ccnc(NCc3ccccc3)c2)cc2nccn12. The molecule has 1 aliphatic heterocycles. The van der Waals surface area contributed by atoms with Crippen molar-refractivity contribution in [2.24, 2.45) is 5.73 Å². The molecule has 3 N–H and O–H groups in total. The predicted octanol–water partition coefficient (Wildman–Crippen LogP) is 3.33. The third-order valence-corrected chi connectivity index (χ3v) is 5.61. The number of hydrogen-bond donors (Lipinski definition) is 2. The average molecular weight is 400 g/mol. The van der Waals surface area contributed by atoms with Crippen LogP contribution < -0.4 is 16.0 Å². The van der Waals surface area contributed by atoms with E-state index in [2.05, 4.69) is 39.2 Å². The number of hydrogen-bond acceptors (Lipinski definition) is 6.